The van der Waals surface area contributed by atoms with Gasteiger partial charge in [0.2, 0.25) is 0 Å². The molecule has 0 aliphatic rings. The first-order valence-electron chi connectivity index (χ1n) is 6.03. The number of aliphatic hydroxyl groups is 3. The van der Waals surface area contributed by atoms with E-state index in [1.165, 1.54) is 0 Å². The fourth-order valence-electron chi connectivity index (χ4n) is 1.23. The summed E-state index contributed by atoms with van der Waals surface area (Å²) in [5, 5.41) is 27.4. The zero-order valence-corrected chi connectivity index (χ0v) is 10.7. The smallest absolute Gasteiger partial charge is 0.305 e. The lowest BCUT2D eigenvalue weighted by Crippen LogP contribution is -2.32. The zero-order valence-electron chi connectivity index (χ0n) is 10.7. The van der Waals surface area contributed by atoms with Crippen LogP contribution in [0.15, 0.2) is 0 Å². The van der Waals surface area contributed by atoms with Crippen molar-refractivity contribution in [3.63, 3.8) is 0 Å². The molecule has 17 heavy (non-hydrogen) atoms. The van der Waals surface area contributed by atoms with E-state index >= 15 is 0 Å². The summed E-state index contributed by atoms with van der Waals surface area (Å²) < 4.78 is 4.95. The molecule has 0 aromatic rings. The van der Waals surface area contributed by atoms with Gasteiger partial charge < -0.3 is 20.1 Å². The molecule has 0 amide bonds. The summed E-state index contributed by atoms with van der Waals surface area (Å²) >= 11 is 0. The van der Waals surface area contributed by atoms with Gasteiger partial charge in [-0.3, -0.25) is 4.79 Å². The number of ether oxygens (including phenoxy) is 1. The van der Waals surface area contributed by atoms with Crippen LogP contribution >= 0.6 is 0 Å². The maximum Gasteiger partial charge on any atom is 0.305 e. The maximum atomic E-state index is 11.3. The first-order chi connectivity index (χ1) is 7.97. The van der Waals surface area contributed by atoms with E-state index in [0.717, 1.165) is 6.42 Å². The molecular weight excluding hydrogens is 224 g/mol. The summed E-state index contributed by atoms with van der Waals surface area (Å²) in [5.74, 6) is -0.409. The maximum absolute atomic E-state index is 11.3. The van der Waals surface area contributed by atoms with Crippen LogP contribution in [0.1, 0.15) is 39.5 Å². The molecule has 0 aromatic heterocycles. The van der Waals surface area contributed by atoms with E-state index in [9.17, 15) is 9.90 Å². The molecule has 1 unspecified atom stereocenters. The Bertz CT molecular complexity index is 213. The van der Waals surface area contributed by atoms with Gasteiger partial charge in [0, 0.05) is 11.8 Å². The van der Waals surface area contributed by atoms with E-state index in [1.807, 2.05) is 6.92 Å². The van der Waals surface area contributed by atoms with Crippen LogP contribution in [-0.4, -0.2) is 47.2 Å². The largest absolute Gasteiger partial charge is 0.465 e. The van der Waals surface area contributed by atoms with Crippen LogP contribution in [0, 0.1) is 5.41 Å². The van der Waals surface area contributed by atoms with Gasteiger partial charge in [-0.2, -0.15) is 0 Å². The predicted octanol–water partition coefficient (Wildman–Crippen LogP) is 0.462. The van der Waals surface area contributed by atoms with Crippen molar-refractivity contribution in [2.75, 3.05) is 19.8 Å². The van der Waals surface area contributed by atoms with Gasteiger partial charge in [0.05, 0.1) is 19.3 Å². The van der Waals surface area contributed by atoms with Crippen LogP contribution < -0.4 is 0 Å². The van der Waals surface area contributed by atoms with Crippen molar-refractivity contribution < 1.29 is 24.9 Å². The van der Waals surface area contributed by atoms with Crippen LogP contribution in [0.3, 0.4) is 0 Å². The Hall–Kier alpha value is -0.650. The molecule has 0 rings (SSSR count). The minimum absolute atomic E-state index is 0.0112. The summed E-state index contributed by atoms with van der Waals surface area (Å²) in [7, 11) is 0. The lowest BCUT2D eigenvalue weighted by Gasteiger charge is -2.23. The Balaban J connectivity index is 3.80. The second-order valence-electron chi connectivity index (χ2n) is 4.77. The fraction of sp³-hybridized carbons (Fsp3) is 0.917. The summed E-state index contributed by atoms with van der Waals surface area (Å²) in [6.07, 6.45) is 1.65. The number of carbonyl (C=O) groups excluding carboxylic acids is 1. The zero-order chi connectivity index (χ0) is 13.3. The van der Waals surface area contributed by atoms with Crippen molar-refractivity contribution in [3.8, 4) is 0 Å². The van der Waals surface area contributed by atoms with Gasteiger partial charge in [0.25, 0.3) is 0 Å². The normalized spacial score (nSPS) is 13.5. The monoisotopic (exact) mass is 248 g/mol. The van der Waals surface area contributed by atoms with Crippen LogP contribution in [0.5, 0.6) is 0 Å². The summed E-state index contributed by atoms with van der Waals surface area (Å²) in [4.78, 5) is 11.3. The average molecular weight is 248 g/mol. The van der Waals surface area contributed by atoms with E-state index in [1.54, 1.807) is 6.92 Å². The summed E-state index contributed by atoms with van der Waals surface area (Å²) in [6, 6.07) is 0. The highest BCUT2D eigenvalue weighted by Crippen LogP contribution is 2.15. The molecule has 5 heteroatoms. The van der Waals surface area contributed by atoms with Crippen LogP contribution in [0.2, 0.25) is 0 Å². The van der Waals surface area contributed by atoms with Crippen LogP contribution in [0.4, 0.5) is 0 Å². The molecule has 0 bridgehead atoms. The Morgan fingerprint density at radius 1 is 1.29 bits per heavy atom. The molecule has 102 valence electrons. The molecule has 0 aliphatic carbocycles. The minimum Gasteiger partial charge on any atom is -0.465 e. The van der Waals surface area contributed by atoms with Crippen molar-refractivity contribution in [3.05, 3.63) is 0 Å². The number of hydrogen-bond acceptors (Lipinski definition) is 5. The van der Waals surface area contributed by atoms with Crippen molar-refractivity contribution in [1.29, 1.82) is 0 Å². The van der Waals surface area contributed by atoms with Gasteiger partial charge in [-0.25, -0.2) is 0 Å². The number of rotatable bonds is 9. The Kier molecular flexibility index (Phi) is 8.12. The standard InChI is InChI=1S/C12H24O5/c1-3-4-10(15)5-6-11(16)17-9-12(2,7-13)8-14/h10,13-15H,3-9H2,1-2H3. The molecular formula is C12H24O5. The molecule has 5 nitrogen and oxygen atoms in total. The molecule has 0 saturated heterocycles. The summed E-state index contributed by atoms with van der Waals surface area (Å²) in [6.45, 7) is 3.11. The topological polar surface area (TPSA) is 87.0 Å². The first-order valence-corrected chi connectivity index (χ1v) is 6.03. The second-order valence-corrected chi connectivity index (χ2v) is 4.77. The highest BCUT2D eigenvalue weighted by Gasteiger charge is 2.24. The fourth-order valence-corrected chi connectivity index (χ4v) is 1.23. The number of esters is 1. The molecule has 0 saturated carbocycles. The molecule has 0 aromatic carbocycles. The van der Waals surface area contributed by atoms with Crippen LogP contribution in [0.25, 0.3) is 0 Å². The lowest BCUT2D eigenvalue weighted by atomic mass is 9.94. The first kappa shape index (κ1) is 16.4. The van der Waals surface area contributed by atoms with E-state index < -0.39 is 17.5 Å². The van der Waals surface area contributed by atoms with E-state index in [2.05, 4.69) is 0 Å². The summed E-state index contributed by atoms with van der Waals surface area (Å²) in [5.41, 5.74) is -0.794. The van der Waals surface area contributed by atoms with Gasteiger partial charge in [-0.15, -0.1) is 0 Å². The van der Waals surface area contributed by atoms with E-state index in [0.29, 0.717) is 12.8 Å². The highest BCUT2D eigenvalue weighted by molar-refractivity contribution is 5.69. The average Bonchev–Trinajstić information content (AvgIpc) is 2.34. The van der Waals surface area contributed by atoms with Gasteiger partial charge in [-0.1, -0.05) is 20.3 Å². The quantitative estimate of drug-likeness (QED) is 0.516. The van der Waals surface area contributed by atoms with Crippen molar-refractivity contribution >= 4 is 5.97 Å². The minimum atomic E-state index is -0.794. The number of carbonyl (C=O) groups is 1. The van der Waals surface area contributed by atoms with Gasteiger partial charge in [-0.05, 0) is 12.8 Å². The van der Waals surface area contributed by atoms with E-state index in [-0.39, 0.29) is 26.2 Å². The SMILES string of the molecule is CCCC(O)CCC(=O)OCC(C)(CO)CO. The molecule has 1 atom stereocenters. The highest BCUT2D eigenvalue weighted by atomic mass is 16.5. The van der Waals surface area contributed by atoms with Crippen molar-refractivity contribution in [2.45, 2.75) is 45.6 Å². The molecule has 0 heterocycles. The third kappa shape index (κ3) is 7.31. The van der Waals surface area contributed by atoms with E-state index in [4.69, 9.17) is 14.9 Å². The Morgan fingerprint density at radius 2 is 1.88 bits per heavy atom. The van der Waals surface area contributed by atoms with Gasteiger partial charge in [0.15, 0.2) is 0 Å². The Labute approximate surface area is 102 Å². The second kappa shape index (κ2) is 8.44. The number of hydrogen-bond donors (Lipinski definition) is 3. The Morgan fingerprint density at radius 3 is 2.35 bits per heavy atom. The van der Waals surface area contributed by atoms with Gasteiger partial charge in [0.1, 0.15) is 6.61 Å². The van der Waals surface area contributed by atoms with Crippen molar-refractivity contribution in [2.24, 2.45) is 5.41 Å². The predicted molar refractivity (Wildman–Crippen MR) is 63.4 cm³/mol. The molecule has 0 spiro atoms. The van der Waals surface area contributed by atoms with Gasteiger partial charge >= 0.3 is 5.97 Å². The number of aliphatic hydroxyl groups excluding tert-OH is 3. The molecule has 0 aliphatic heterocycles. The molecule has 0 fully saturated rings. The third-order valence-corrected chi connectivity index (χ3v) is 2.65. The third-order valence-electron chi connectivity index (χ3n) is 2.65. The molecule has 3 N–H and O–H groups in total. The van der Waals surface area contributed by atoms with Crippen LogP contribution in [-0.2, 0) is 9.53 Å². The van der Waals surface area contributed by atoms with Crippen molar-refractivity contribution in [1.82, 2.24) is 0 Å². The molecule has 0 radical (unpaired) electrons. The lowest BCUT2D eigenvalue weighted by molar-refractivity contribution is -0.149.